The molecule has 0 amide bonds. The van der Waals surface area contributed by atoms with Crippen molar-refractivity contribution in [1.82, 2.24) is 0 Å². The molecule has 0 aliphatic carbocycles. The minimum atomic E-state index is -1.21. The standard InChI is InChI=1S/C9H8ClFO3/c10-6-2-1-5(3-7(6)11)8(12)4-9(13)14/h1-3,8,12H,4H2,(H,13,14). The smallest absolute Gasteiger partial charge is 0.306 e. The van der Waals surface area contributed by atoms with Crippen molar-refractivity contribution < 1.29 is 19.4 Å². The molecule has 0 saturated carbocycles. The van der Waals surface area contributed by atoms with E-state index in [2.05, 4.69) is 0 Å². The fraction of sp³-hybridized carbons (Fsp3) is 0.222. The van der Waals surface area contributed by atoms with Crippen molar-refractivity contribution in [3.8, 4) is 0 Å². The molecule has 14 heavy (non-hydrogen) atoms. The van der Waals surface area contributed by atoms with E-state index >= 15 is 0 Å². The summed E-state index contributed by atoms with van der Waals surface area (Å²) in [6.45, 7) is 0. The van der Waals surface area contributed by atoms with Crippen molar-refractivity contribution in [3.63, 3.8) is 0 Å². The molecule has 2 N–H and O–H groups in total. The first-order valence-electron chi connectivity index (χ1n) is 3.85. The first-order valence-corrected chi connectivity index (χ1v) is 4.23. The minimum absolute atomic E-state index is 0.0590. The van der Waals surface area contributed by atoms with Gasteiger partial charge in [-0.1, -0.05) is 17.7 Å². The first kappa shape index (κ1) is 10.9. The van der Waals surface area contributed by atoms with Crippen LogP contribution in [0.1, 0.15) is 18.1 Å². The molecule has 1 unspecified atom stereocenters. The Morgan fingerprint density at radius 2 is 2.21 bits per heavy atom. The maximum Gasteiger partial charge on any atom is 0.306 e. The molecule has 0 saturated heterocycles. The molecule has 0 aliphatic rings. The van der Waals surface area contributed by atoms with E-state index in [4.69, 9.17) is 16.7 Å². The van der Waals surface area contributed by atoms with Crippen LogP contribution in [-0.2, 0) is 4.79 Å². The summed E-state index contributed by atoms with van der Waals surface area (Å²) in [4.78, 5) is 10.3. The summed E-state index contributed by atoms with van der Waals surface area (Å²) in [5.41, 5.74) is 0.203. The van der Waals surface area contributed by atoms with Crippen LogP contribution in [0, 0.1) is 5.82 Å². The lowest BCUT2D eigenvalue weighted by Gasteiger charge is -2.08. The summed E-state index contributed by atoms with van der Waals surface area (Å²) in [5.74, 6) is -1.82. The highest BCUT2D eigenvalue weighted by atomic mass is 35.5. The minimum Gasteiger partial charge on any atom is -0.481 e. The van der Waals surface area contributed by atoms with Crippen LogP contribution >= 0.6 is 11.6 Å². The third-order valence-electron chi connectivity index (χ3n) is 1.70. The van der Waals surface area contributed by atoms with Gasteiger partial charge in [0.05, 0.1) is 17.5 Å². The normalized spacial score (nSPS) is 12.5. The molecule has 0 aliphatic heterocycles. The predicted molar refractivity (Wildman–Crippen MR) is 48.6 cm³/mol. The van der Waals surface area contributed by atoms with Crippen molar-refractivity contribution >= 4 is 17.6 Å². The average Bonchev–Trinajstić information content (AvgIpc) is 2.08. The molecule has 0 bridgehead atoms. The van der Waals surface area contributed by atoms with Gasteiger partial charge >= 0.3 is 5.97 Å². The van der Waals surface area contributed by atoms with Crippen LogP contribution < -0.4 is 0 Å². The lowest BCUT2D eigenvalue weighted by molar-refractivity contribution is -0.139. The molecule has 1 atom stereocenters. The van der Waals surface area contributed by atoms with Crippen LogP contribution in [0.15, 0.2) is 18.2 Å². The summed E-state index contributed by atoms with van der Waals surface area (Å²) in [6.07, 6.45) is -1.67. The van der Waals surface area contributed by atoms with Gasteiger partial charge in [0.25, 0.3) is 0 Å². The van der Waals surface area contributed by atoms with E-state index in [9.17, 15) is 14.3 Å². The third-order valence-corrected chi connectivity index (χ3v) is 2.00. The number of halogens is 2. The average molecular weight is 219 g/mol. The lowest BCUT2D eigenvalue weighted by atomic mass is 10.1. The molecule has 0 aromatic heterocycles. The summed E-state index contributed by atoms with van der Waals surface area (Å²) in [6, 6.07) is 3.69. The van der Waals surface area contributed by atoms with Crippen LogP contribution in [-0.4, -0.2) is 16.2 Å². The van der Waals surface area contributed by atoms with E-state index in [1.165, 1.54) is 12.1 Å². The molecule has 5 heteroatoms. The van der Waals surface area contributed by atoms with E-state index in [1.54, 1.807) is 0 Å². The third kappa shape index (κ3) is 2.68. The van der Waals surface area contributed by atoms with Gasteiger partial charge in [-0.15, -0.1) is 0 Å². The van der Waals surface area contributed by atoms with Crippen LogP contribution in [0.3, 0.4) is 0 Å². The van der Waals surface area contributed by atoms with Crippen LogP contribution in [0.25, 0.3) is 0 Å². The van der Waals surface area contributed by atoms with E-state index < -0.39 is 24.3 Å². The summed E-state index contributed by atoms with van der Waals surface area (Å²) < 4.78 is 12.9. The maximum atomic E-state index is 12.9. The number of hydrogen-bond acceptors (Lipinski definition) is 2. The lowest BCUT2D eigenvalue weighted by Crippen LogP contribution is -2.05. The van der Waals surface area contributed by atoms with E-state index in [0.717, 1.165) is 6.07 Å². The molecule has 3 nitrogen and oxygen atoms in total. The van der Waals surface area contributed by atoms with Gasteiger partial charge in [0, 0.05) is 0 Å². The number of aliphatic hydroxyl groups is 1. The Labute approximate surface area is 84.7 Å². The van der Waals surface area contributed by atoms with Gasteiger partial charge in [0.2, 0.25) is 0 Å². The Morgan fingerprint density at radius 1 is 1.57 bits per heavy atom. The molecule has 1 aromatic rings. The number of aliphatic carboxylic acids is 1. The molecule has 1 rings (SSSR count). The van der Waals surface area contributed by atoms with Crippen molar-refractivity contribution in [1.29, 1.82) is 0 Å². The van der Waals surface area contributed by atoms with Gasteiger partial charge in [0.1, 0.15) is 5.82 Å². The largest absolute Gasteiger partial charge is 0.481 e. The molecule has 0 fully saturated rings. The monoisotopic (exact) mass is 218 g/mol. The van der Waals surface area contributed by atoms with Gasteiger partial charge in [-0.05, 0) is 17.7 Å². The zero-order valence-electron chi connectivity index (χ0n) is 7.08. The van der Waals surface area contributed by atoms with Crippen molar-refractivity contribution in [3.05, 3.63) is 34.6 Å². The van der Waals surface area contributed by atoms with Crippen molar-refractivity contribution in [2.75, 3.05) is 0 Å². The van der Waals surface area contributed by atoms with Gasteiger partial charge < -0.3 is 10.2 Å². The Balaban J connectivity index is 2.85. The zero-order valence-corrected chi connectivity index (χ0v) is 7.83. The van der Waals surface area contributed by atoms with E-state index in [1.807, 2.05) is 0 Å². The van der Waals surface area contributed by atoms with Crippen LogP contribution in [0.4, 0.5) is 4.39 Å². The second-order valence-electron chi connectivity index (χ2n) is 2.79. The summed E-state index contributed by atoms with van der Waals surface area (Å²) >= 11 is 5.42. The number of rotatable bonds is 3. The van der Waals surface area contributed by atoms with Gasteiger partial charge in [-0.2, -0.15) is 0 Å². The Morgan fingerprint density at radius 3 is 2.71 bits per heavy atom. The van der Waals surface area contributed by atoms with Crippen LogP contribution in [0.2, 0.25) is 5.02 Å². The summed E-state index contributed by atoms with van der Waals surface area (Å²) in [5, 5.41) is 17.6. The number of carbonyl (C=O) groups is 1. The second kappa shape index (κ2) is 4.39. The Bertz CT molecular complexity index is 354. The number of carboxylic acid groups (broad SMARTS) is 1. The molecular weight excluding hydrogens is 211 g/mol. The van der Waals surface area contributed by atoms with Gasteiger partial charge in [0.15, 0.2) is 0 Å². The second-order valence-corrected chi connectivity index (χ2v) is 3.19. The fourth-order valence-electron chi connectivity index (χ4n) is 1.00. The molecule has 0 spiro atoms. The number of benzene rings is 1. The predicted octanol–water partition coefficient (Wildman–Crippen LogP) is 1.99. The molecule has 0 heterocycles. The quantitative estimate of drug-likeness (QED) is 0.816. The van der Waals surface area contributed by atoms with E-state index in [-0.39, 0.29) is 10.6 Å². The zero-order chi connectivity index (χ0) is 10.7. The van der Waals surface area contributed by atoms with Crippen molar-refractivity contribution in [2.24, 2.45) is 0 Å². The summed E-state index contributed by atoms with van der Waals surface area (Å²) in [7, 11) is 0. The van der Waals surface area contributed by atoms with E-state index in [0.29, 0.717) is 0 Å². The Hall–Kier alpha value is -1.13. The molecule has 1 aromatic carbocycles. The highest BCUT2D eigenvalue weighted by Crippen LogP contribution is 2.21. The number of carboxylic acids is 1. The van der Waals surface area contributed by atoms with Crippen LogP contribution in [0.5, 0.6) is 0 Å². The molecular formula is C9H8ClFO3. The fourth-order valence-corrected chi connectivity index (χ4v) is 1.12. The Kier molecular flexibility index (Phi) is 3.43. The molecule has 76 valence electrons. The SMILES string of the molecule is O=C(O)CC(O)c1ccc(Cl)c(F)c1. The van der Waals surface area contributed by atoms with Crippen molar-refractivity contribution in [2.45, 2.75) is 12.5 Å². The highest BCUT2D eigenvalue weighted by molar-refractivity contribution is 6.30. The maximum absolute atomic E-state index is 12.9. The van der Waals surface area contributed by atoms with Gasteiger partial charge in [-0.3, -0.25) is 4.79 Å². The van der Waals surface area contributed by atoms with Gasteiger partial charge in [-0.25, -0.2) is 4.39 Å². The highest BCUT2D eigenvalue weighted by Gasteiger charge is 2.13. The number of hydrogen-bond donors (Lipinski definition) is 2. The first-order chi connectivity index (χ1) is 6.50. The molecule has 0 radical (unpaired) electrons. The topological polar surface area (TPSA) is 57.5 Å². The number of aliphatic hydroxyl groups excluding tert-OH is 1.